The van der Waals surface area contributed by atoms with Gasteiger partial charge in [-0.25, -0.2) is 0 Å². The number of hydrogen-bond donors (Lipinski definition) is 1. The Morgan fingerprint density at radius 1 is 1.00 bits per heavy atom. The van der Waals surface area contributed by atoms with Gasteiger partial charge in [0.05, 0.1) is 0 Å². The quantitative estimate of drug-likeness (QED) is 0.832. The second-order valence-corrected chi connectivity index (χ2v) is 5.83. The molecule has 2 aromatic carbocycles. The zero-order valence-corrected chi connectivity index (χ0v) is 13.3. The van der Waals surface area contributed by atoms with Crippen LogP contribution in [0.15, 0.2) is 42.5 Å². The maximum Gasteiger partial charge on any atom is 0.0438 e. The summed E-state index contributed by atoms with van der Waals surface area (Å²) in [6, 6.07) is 15.2. The third-order valence-electron chi connectivity index (χ3n) is 4.02. The van der Waals surface area contributed by atoms with Crippen LogP contribution in [0.3, 0.4) is 0 Å². The molecule has 0 saturated carbocycles. The van der Waals surface area contributed by atoms with E-state index < -0.39 is 0 Å². The third-order valence-corrected chi connectivity index (χ3v) is 4.43. The minimum atomic E-state index is 0.286. The number of benzene rings is 2. The van der Waals surface area contributed by atoms with E-state index in [9.17, 15) is 0 Å². The topological polar surface area (TPSA) is 12.0 Å². The van der Waals surface area contributed by atoms with E-state index >= 15 is 0 Å². The van der Waals surface area contributed by atoms with Gasteiger partial charge in [0, 0.05) is 17.0 Å². The predicted octanol–water partition coefficient (Wildman–Crippen LogP) is 5.02. The number of nitrogens with one attached hydrogen (secondary N) is 1. The Bertz CT molecular complexity index is 577. The molecule has 0 aliphatic carbocycles. The molecule has 0 aromatic heterocycles. The molecule has 0 aliphatic heterocycles. The van der Waals surface area contributed by atoms with Crippen molar-refractivity contribution in [2.75, 3.05) is 7.05 Å². The summed E-state index contributed by atoms with van der Waals surface area (Å²) in [5, 5.41) is 4.30. The van der Waals surface area contributed by atoms with E-state index in [-0.39, 0.29) is 6.04 Å². The van der Waals surface area contributed by atoms with E-state index in [1.165, 1.54) is 16.7 Å². The zero-order chi connectivity index (χ0) is 14.7. The summed E-state index contributed by atoms with van der Waals surface area (Å²) in [7, 11) is 2.02. The highest BCUT2D eigenvalue weighted by Crippen LogP contribution is 2.34. The second-order valence-electron chi connectivity index (χ2n) is 5.42. The summed E-state index contributed by atoms with van der Waals surface area (Å²) in [6.45, 7) is 6.45. The first kappa shape index (κ1) is 15.1. The lowest BCUT2D eigenvalue weighted by Crippen LogP contribution is -2.23. The van der Waals surface area contributed by atoms with Crippen LogP contribution in [0.4, 0.5) is 0 Å². The van der Waals surface area contributed by atoms with Crippen molar-refractivity contribution in [2.45, 2.75) is 32.7 Å². The average Bonchev–Trinajstić information content (AvgIpc) is 2.46. The highest BCUT2D eigenvalue weighted by Gasteiger charge is 2.21. The summed E-state index contributed by atoms with van der Waals surface area (Å²) >= 11 is 6.21. The highest BCUT2D eigenvalue weighted by atomic mass is 35.5. The lowest BCUT2D eigenvalue weighted by molar-refractivity contribution is 0.505. The first-order chi connectivity index (χ1) is 9.54. The largest absolute Gasteiger partial charge is 0.312 e. The third kappa shape index (κ3) is 3.05. The van der Waals surface area contributed by atoms with Crippen molar-refractivity contribution in [1.29, 1.82) is 0 Å². The fraction of sp³-hybridized carbons (Fsp3) is 0.333. The van der Waals surface area contributed by atoms with Crippen LogP contribution in [0, 0.1) is 13.8 Å². The summed E-state index contributed by atoms with van der Waals surface area (Å²) in [4.78, 5) is 0. The van der Waals surface area contributed by atoms with Gasteiger partial charge in [-0.1, -0.05) is 54.9 Å². The van der Waals surface area contributed by atoms with Crippen LogP contribution < -0.4 is 5.32 Å². The van der Waals surface area contributed by atoms with Crippen molar-refractivity contribution < 1.29 is 0 Å². The summed E-state index contributed by atoms with van der Waals surface area (Å²) < 4.78 is 0. The van der Waals surface area contributed by atoms with Gasteiger partial charge in [0.25, 0.3) is 0 Å². The van der Waals surface area contributed by atoms with Crippen molar-refractivity contribution in [3.63, 3.8) is 0 Å². The Morgan fingerprint density at radius 2 is 1.65 bits per heavy atom. The van der Waals surface area contributed by atoms with Gasteiger partial charge in [0.15, 0.2) is 0 Å². The molecule has 0 fully saturated rings. The van der Waals surface area contributed by atoms with E-state index in [1.807, 2.05) is 7.05 Å². The molecule has 1 nitrogen and oxygen atoms in total. The molecule has 0 amide bonds. The molecule has 2 unspecified atom stereocenters. The van der Waals surface area contributed by atoms with Crippen LogP contribution in [0.2, 0.25) is 5.02 Å². The Hall–Kier alpha value is -1.31. The number of hydrogen-bond acceptors (Lipinski definition) is 1. The molecular formula is C18H22ClN. The SMILES string of the molecule is CNC(c1cc(C)c(Cl)cc1C)C(C)c1ccccc1. The zero-order valence-electron chi connectivity index (χ0n) is 12.6. The Labute approximate surface area is 127 Å². The van der Waals surface area contributed by atoms with E-state index in [4.69, 9.17) is 11.6 Å². The fourth-order valence-corrected chi connectivity index (χ4v) is 2.98. The first-order valence-corrected chi connectivity index (χ1v) is 7.41. The second kappa shape index (κ2) is 6.43. The van der Waals surface area contributed by atoms with Crippen molar-refractivity contribution in [2.24, 2.45) is 0 Å². The summed E-state index contributed by atoms with van der Waals surface area (Å²) in [6.07, 6.45) is 0. The summed E-state index contributed by atoms with van der Waals surface area (Å²) in [5.74, 6) is 0.403. The normalized spacial score (nSPS) is 14.1. The van der Waals surface area contributed by atoms with Gasteiger partial charge in [-0.15, -0.1) is 0 Å². The predicted molar refractivity (Wildman–Crippen MR) is 87.6 cm³/mol. The number of aryl methyl sites for hydroxylation is 2. The van der Waals surface area contributed by atoms with Crippen LogP contribution in [-0.4, -0.2) is 7.05 Å². The molecule has 2 atom stereocenters. The maximum absolute atomic E-state index is 6.21. The number of halogens is 1. The molecule has 1 N–H and O–H groups in total. The number of rotatable bonds is 4. The fourth-order valence-electron chi connectivity index (χ4n) is 2.76. The van der Waals surface area contributed by atoms with Crippen LogP contribution in [-0.2, 0) is 0 Å². The van der Waals surface area contributed by atoms with Crippen molar-refractivity contribution in [1.82, 2.24) is 5.32 Å². The van der Waals surface area contributed by atoms with E-state index in [2.05, 4.69) is 68.6 Å². The maximum atomic E-state index is 6.21. The lowest BCUT2D eigenvalue weighted by atomic mass is 9.86. The molecule has 106 valence electrons. The van der Waals surface area contributed by atoms with E-state index in [0.717, 1.165) is 10.6 Å². The van der Waals surface area contributed by atoms with E-state index in [1.54, 1.807) is 0 Å². The van der Waals surface area contributed by atoms with Crippen molar-refractivity contribution in [3.8, 4) is 0 Å². The monoisotopic (exact) mass is 287 g/mol. The van der Waals surface area contributed by atoms with Gasteiger partial charge in [-0.3, -0.25) is 0 Å². The van der Waals surface area contributed by atoms with Gasteiger partial charge >= 0.3 is 0 Å². The number of likely N-dealkylation sites (N-methyl/N-ethyl adjacent to an activating group) is 1. The molecule has 20 heavy (non-hydrogen) atoms. The van der Waals surface area contributed by atoms with Gasteiger partial charge in [0.1, 0.15) is 0 Å². The molecule has 2 rings (SSSR count). The Morgan fingerprint density at radius 3 is 2.25 bits per heavy atom. The van der Waals surface area contributed by atoms with Crippen LogP contribution in [0.25, 0.3) is 0 Å². The van der Waals surface area contributed by atoms with Crippen LogP contribution >= 0.6 is 11.6 Å². The lowest BCUT2D eigenvalue weighted by Gasteiger charge is -2.26. The molecule has 2 aromatic rings. The minimum Gasteiger partial charge on any atom is -0.312 e. The molecule has 2 heteroatoms. The molecule has 0 aliphatic rings. The van der Waals surface area contributed by atoms with Gasteiger partial charge in [-0.2, -0.15) is 0 Å². The van der Waals surface area contributed by atoms with Crippen molar-refractivity contribution in [3.05, 3.63) is 69.7 Å². The Balaban J connectivity index is 2.40. The molecule has 0 spiro atoms. The summed E-state index contributed by atoms with van der Waals surface area (Å²) in [5.41, 5.74) is 5.04. The van der Waals surface area contributed by atoms with Gasteiger partial charge in [-0.05, 0) is 49.2 Å². The highest BCUT2D eigenvalue weighted by molar-refractivity contribution is 6.31. The van der Waals surface area contributed by atoms with Crippen LogP contribution in [0.1, 0.15) is 41.1 Å². The molecule has 0 saturated heterocycles. The molecule has 0 bridgehead atoms. The molecule has 0 radical (unpaired) electrons. The first-order valence-electron chi connectivity index (χ1n) is 7.03. The average molecular weight is 288 g/mol. The minimum absolute atomic E-state index is 0.286. The molecular weight excluding hydrogens is 266 g/mol. The smallest absolute Gasteiger partial charge is 0.0438 e. The van der Waals surface area contributed by atoms with E-state index in [0.29, 0.717) is 5.92 Å². The Kier molecular flexibility index (Phi) is 4.85. The standard InChI is InChI=1S/C18H22ClN/c1-12-11-17(19)13(2)10-16(12)18(20-4)14(3)15-8-6-5-7-9-15/h5-11,14,18,20H,1-4H3. The van der Waals surface area contributed by atoms with Gasteiger partial charge in [0.2, 0.25) is 0 Å². The van der Waals surface area contributed by atoms with Crippen molar-refractivity contribution >= 4 is 11.6 Å². The molecule has 0 heterocycles. The van der Waals surface area contributed by atoms with Gasteiger partial charge < -0.3 is 5.32 Å². The van der Waals surface area contributed by atoms with Crippen LogP contribution in [0.5, 0.6) is 0 Å².